The largest absolute Gasteiger partial charge is 0.482 e. The number of hydrogen-bond acceptors (Lipinski definition) is 5. The van der Waals surface area contributed by atoms with E-state index in [1.54, 1.807) is 24.5 Å². The first-order valence-electron chi connectivity index (χ1n) is 5.04. The van der Waals surface area contributed by atoms with Crippen molar-refractivity contribution in [1.29, 1.82) is 0 Å². The maximum absolute atomic E-state index is 11.5. The lowest BCUT2D eigenvalue weighted by molar-refractivity contribution is 0.236. The van der Waals surface area contributed by atoms with E-state index in [-0.39, 0.29) is 30.2 Å². The van der Waals surface area contributed by atoms with Crippen molar-refractivity contribution in [2.75, 3.05) is 0 Å². The van der Waals surface area contributed by atoms with Gasteiger partial charge in [0.15, 0.2) is 0 Å². The summed E-state index contributed by atoms with van der Waals surface area (Å²) in [5, 5.41) is 8.78. The monoisotopic (exact) mass is 233 g/mol. The van der Waals surface area contributed by atoms with Gasteiger partial charge in [-0.05, 0) is 17.7 Å². The van der Waals surface area contributed by atoms with Crippen molar-refractivity contribution < 1.29 is 14.3 Å². The lowest BCUT2D eigenvalue weighted by Crippen LogP contribution is -2.07. The highest BCUT2D eigenvalue weighted by atomic mass is 16.5. The Morgan fingerprint density at radius 1 is 1.35 bits per heavy atom. The van der Waals surface area contributed by atoms with Gasteiger partial charge in [0, 0.05) is 18.5 Å². The normalized spacial score (nSPS) is 10.2. The number of nitrogens with zero attached hydrogens (tertiary/aromatic N) is 1. The molecule has 0 aromatic carbocycles. The van der Waals surface area contributed by atoms with Gasteiger partial charge in [-0.1, -0.05) is 0 Å². The molecule has 1 N–H and O–H groups in total. The summed E-state index contributed by atoms with van der Waals surface area (Å²) in [5.41, 5.74) is 0.597. The van der Waals surface area contributed by atoms with Crippen molar-refractivity contribution >= 4 is 0 Å². The van der Waals surface area contributed by atoms with E-state index in [0.717, 1.165) is 5.56 Å². The number of aliphatic hydroxyl groups excluding tert-OH is 1. The fourth-order valence-corrected chi connectivity index (χ4v) is 1.27. The van der Waals surface area contributed by atoms with Crippen LogP contribution in [0.2, 0.25) is 0 Å². The van der Waals surface area contributed by atoms with E-state index in [1.165, 1.54) is 12.3 Å². The molecule has 0 aliphatic carbocycles. The average molecular weight is 233 g/mol. The number of aromatic nitrogens is 1. The molecular weight excluding hydrogens is 222 g/mol. The smallest absolute Gasteiger partial charge is 0.227 e. The average Bonchev–Trinajstić information content (AvgIpc) is 2.38. The van der Waals surface area contributed by atoms with Gasteiger partial charge in [0.05, 0.1) is 0 Å². The van der Waals surface area contributed by atoms with Crippen molar-refractivity contribution in [1.82, 2.24) is 4.98 Å². The summed E-state index contributed by atoms with van der Waals surface area (Å²) in [4.78, 5) is 15.4. The molecule has 2 aromatic heterocycles. The van der Waals surface area contributed by atoms with Gasteiger partial charge in [-0.2, -0.15) is 0 Å². The lowest BCUT2D eigenvalue weighted by atomic mass is 10.3. The van der Waals surface area contributed by atoms with Crippen molar-refractivity contribution in [2.24, 2.45) is 0 Å². The topological polar surface area (TPSA) is 72.6 Å². The lowest BCUT2D eigenvalue weighted by Gasteiger charge is -2.04. The summed E-state index contributed by atoms with van der Waals surface area (Å²) in [6.45, 7) is -0.0361. The Hall–Kier alpha value is -2.14. The molecule has 0 saturated heterocycles. The molecule has 0 radical (unpaired) electrons. The molecule has 0 amide bonds. The Morgan fingerprint density at radius 2 is 2.12 bits per heavy atom. The van der Waals surface area contributed by atoms with E-state index >= 15 is 0 Å². The summed E-state index contributed by atoms with van der Waals surface area (Å²) >= 11 is 0. The molecule has 0 saturated carbocycles. The molecule has 0 atom stereocenters. The van der Waals surface area contributed by atoms with Gasteiger partial charge in [-0.25, -0.2) is 0 Å². The predicted octanol–water partition coefficient (Wildman–Crippen LogP) is 1.11. The molecule has 0 spiro atoms. The first-order valence-corrected chi connectivity index (χ1v) is 5.04. The van der Waals surface area contributed by atoms with Gasteiger partial charge in [0.25, 0.3) is 0 Å². The molecule has 0 fully saturated rings. The van der Waals surface area contributed by atoms with Crippen LogP contribution in [0.25, 0.3) is 0 Å². The van der Waals surface area contributed by atoms with Crippen LogP contribution in [-0.2, 0) is 13.2 Å². The van der Waals surface area contributed by atoms with Gasteiger partial charge in [0.1, 0.15) is 25.2 Å². The van der Waals surface area contributed by atoms with E-state index in [0.29, 0.717) is 0 Å². The third-order valence-electron chi connectivity index (χ3n) is 2.15. The SMILES string of the molecule is O=c1cc(CO)occ1OCc1ccncc1. The summed E-state index contributed by atoms with van der Waals surface area (Å²) in [7, 11) is 0. The van der Waals surface area contributed by atoms with Crippen molar-refractivity contribution in [2.45, 2.75) is 13.2 Å². The van der Waals surface area contributed by atoms with Gasteiger partial charge in [0.2, 0.25) is 11.2 Å². The Labute approximate surface area is 97.3 Å². The maximum atomic E-state index is 11.5. The molecular formula is C12H11NO4. The van der Waals surface area contributed by atoms with Crippen LogP contribution >= 0.6 is 0 Å². The highest BCUT2D eigenvalue weighted by Gasteiger charge is 2.04. The highest BCUT2D eigenvalue weighted by Crippen LogP contribution is 2.08. The van der Waals surface area contributed by atoms with Crippen LogP contribution in [0, 0.1) is 0 Å². The molecule has 0 bridgehead atoms. The van der Waals surface area contributed by atoms with Crippen LogP contribution in [-0.4, -0.2) is 10.1 Å². The zero-order chi connectivity index (χ0) is 12.1. The van der Waals surface area contributed by atoms with E-state index in [2.05, 4.69) is 4.98 Å². The van der Waals surface area contributed by atoms with Crippen molar-refractivity contribution in [3.8, 4) is 5.75 Å². The van der Waals surface area contributed by atoms with Crippen LogP contribution in [0.15, 0.2) is 46.1 Å². The number of ether oxygens (including phenoxy) is 1. The van der Waals surface area contributed by atoms with E-state index < -0.39 is 0 Å². The second kappa shape index (κ2) is 5.27. The number of aliphatic hydroxyl groups is 1. The molecule has 88 valence electrons. The van der Waals surface area contributed by atoms with Crippen LogP contribution in [0.3, 0.4) is 0 Å². The Morgan fingerprint density at radius 3 is 2.76 bits per heavy atom. The summed E-state index contributed by atoms with van der Waals surface area (Å²) < 4.78 is 10.3. The summed E-state index contributed by atoms with van der Waals surface area (Å²) in [6.07, 6.45) is 4.50. The summed E-state index contributed by atoms with van der Waals surface area (Å²) in [5.74, 6) is 0.338. The molecule has 0 unspecified atom stereocenters. The molecule has 17 heavy (non-hydrogen) atoms. The Kier molecular flexibility index (Phi) is 3.52. The molecule has 2 aromatic rings. The molecule has 2 rings (SSSR count). The third kappa shape index (κ3) is 2.92. The zero-order valence-corrected chi connectivity index (χ0v) is 9.00. The minimum Gasteiger partial charge on any atom is -0.482 e. The van der Waals surface area contributed by atoms with Gasteiger partial charge in [-0.3, -0.25) is 9.78 Å². The second-order valence-electron chi connectivity index (χ2n) is 3.38. The van der Waals surface area contributed by atoms with E-state index in [4.69, 9.17) is 14.3 Å². The standard InChI is InChI=1S/C12H11NO4/c14-6-10-5-11(15)12(8-16-10)17-7-9-1-3-13-4-2-9/h1-5,8,14H,6-7H2. The van der Waals surface area contributed by atoms with E-state index in [9.17, 15) is 4.79 Å². The Balaban J connectivity index is 2.07. The second-order valence-corrected chi connectivity index (χ2v) is 3.38. The molecule has 0 aliphatic heterocycles. The van der Waals surface area contributed by atoms with Gasteiger partial charge < -0.3 is 14.3 Å². The van der Waals surface area contributed by atoms with Crippen molar-refractivity contribution in [3.05, 3.63) is 58.4 Å². The van der Waals surface area contributed by atoms with Crippen LogP contribution in [0.5, 0.6) is 5.75 Å². The molecule has 5 nitrogen and oxygen atoms in total. The van der Waals surface area contributed by atoms with Gasteiger partial charge in [-0.15, -0.1) is 0 Å². The van der Waals surface area contributed by atoms with E-state index in [1.807, 2.05) is 0 Å². The predicted molar refractivity (Wildman–Crippen MR) is 59.5 cm³/mol. The zero-order valence-electron chi connectivity index (χ0n) is 9.00. The first kappa shape index (κ1) is 11.3. The first-order chi connectivity index (χ1) is 8.29. The maximum Gasteiger partial charge on any atom is 0.227 e. The minimum atomic E-state index is -0.311. The van der Waals surface area contributed by atoms with Crippen LogP contribution in [0.1, 0.15) is 11.3 Å². The molecule has 2 heterocycles. The third-order valence-corrected chi connectivity index (χ3v) is 2.15. The summed E-state index contributed by atoms with van der Waals surface area (Å²) in [6, 6.07) is 4.80. The quantitative estimate of drug-likeness (QED) is 0.856. The van der Waals surface area contributed by atoms with Crippen LogP contribution < -0.4 is 10.2 Å². The minimum absolute atomic E-state index is 0.124. The number of rotatable bonds is 4. The van der Waals surface area contributed by atoms with Gasteiger partial charge >= 0.3 is 0 Å². The fraction of sp³-hybridized carbons (Fsp3) is 0.167. The number of pyridine rings is 1. The molecule has 0 aliphatic rings. The molecule has 5 heteroatoms. The fourth-order valence-electron chi connectivity index (χ4n) is 1.27. The number of hydrogen-bond donors (Lipinski definition) is 1. The highest BCUT2D eigenvalue weighted by molar-refractivity contribution is 5.18. The van der Waals surface area contributed by atoms with Crippen LogP contribution in [0.4, 0.5) is 0 Å². The van der Waals surface area contributed by atoms with Crippen molar-refractivity contribution in [3.63, 3.8) is 0 Å². The Bertz CT molecular complexity index is 536.